The standard InChI is InChI=1S/C16H19N5S/c1-20(10-6-12-22-14-7-3-2-4-8-14)13-15-18-16-17-9-5-11-21(16)19-15/h2-5,7-9,11H,6,10,12-13H2,1H3. The van der Waals surface area contributed by atoms with E-state index >= 15 is 0 Å². The average molecular weight is 313 g/mol. The second-order valence-electron chi connectivity index (χ2n) is 5.15. The van der Waals surface area contributed by atoms with Crippen LogP contribution in [0.25, 0.3) is 5.78 Å². The molecule has 0 saturated carbocycles. The number of rotatable bonds is 7. The summed E-state index contributed by atoms with van der Waals surface area (Å²) in [5, 5.41) is 4.42. The molecule has 0 aliphatic carbocycles. The number of hydrogen-bond donors (Lipinski definition) is 0. The Kier molecular flexibility index (Phi) is 5.03. The fraction of sp³-hybridized carbons (Fsp3) is 0.312. The van der Waals surface area contributed by atoms with Crippen molar-refractivity contribution in [2.45, 2.75) is 17.9 Å². The van der Waals surface area contributed by atoms with E-state index < -0.39 is 0 Å². The van der Waals surface area contributed by atoms with Gasteiger partial charge in [0, 0.05) is 17.3 Å². The topological polar surface area (TPSA) is 46.3 Å². The van der Waals surface area contributed by atoms with Crippen LogP contribution in [0.1, 0.15) is 12.2 Å². The van der Waals surface area contributed by atoms with Gasteiger partial charge in [-0.1, -0.05) is 18.2 Å². The quantitative estimate of drug-likeness (QED) is 0.496. The van der Waals surface area contributed by atoms with E-state index in [0.29, 0.717) is 5.78 Å². The van der Waals surface area contributed by atoms with E-state index in [0.717, 1.165) is 31.1 Å². The summed E-state index contributed by atoms with van der Waals surface area (Å²) in [6.07, 6.45) is 4.75. The van der Waals surface area contributed by atoms with E-state index in [4.69, 9.17) is 0 Å². The normalized spacial score (nSPS) is 11.4. The Morgan fingerprint density at radius 1 is 1.18 bits per heavy atom. The molecule has 22 heavy (non-hydrogen) atoms. The van der Waals surface area contributed by atoms with Crippen LogP contribution >= 0.6 is 11.8 Å². The second-order valence-corrected chi connectivity index (χ2v) is 6.31. The highest BCUT2D eigenvalue weighted by Crippen LogP contribution is 2.17. The lowest BCUT2D eigenvalue weighted by Gasteiger charge is -2.13. The minimum Gasteiger partial charge on any atom is -0.299 e. The molecule has 0 spiro atoms. The van der Waals surface area contributed by atoms with Gasteiger partial charge in [0.05, 0.1) is 6.54 Å². The molecule has 0 aliphatic rings. The molecule has 6 heteroatoms. The minimum atomic E-state index is 0.658. The Bertz CT molecular complexity index is 680. The highest BCUT2D eigenvalue weighted by atomic mass is 32.2. The van der Waals surface area contributed by atoms with Crippen molar-refractivity contribution < 1.29 is 0 Å². The number of benzene rings is 1. The van der Waals surface area contributed by atoms with Crippen molar-refractivity contribution >= 4 is 17.5 Å². The fourth-order valence-corrected chi connectivity index (χ4v) is 3.06. The monoisotopic (exact) mass is 313 g/mol. The molecule has 1 aromatic carbocycles. The summed E-state index contributed by atoms with van der Waals surface area (Å²) in [6, 6.07) is 12.4. The van der Waals surface area contributed by atoms with Gasteiger partial charge in [-0.3, -0.25) is 4.90 Å². The predicted molar refractivity (Wildman–Crippen MR) is 88.9 cm³/mol. The number of thioether (sulfide) groups is 1. The zero-order valence-corrected chi connectivity index (χ0v) is 13.4. The van der Waals surface area contributed by atoms with Crippen LogP contribution in [-0.4, -0.2) is 43.8 Å². The summed E-state index contributed by atoms with van der Waals surface area (Å²) in [6.45, 7) is 1.78. The zero-order chi connectivity index (χ0) is 15.2. The van der Waals surface area contributed by atoms with E-state index in [-0.39, 0.29) is 0 Å². The van der Waals surface area contributed by atoms with Crippen molar-refractivity contribution in [2.24, 2.45) is 0 Å². The maximum Gasteiger partial charge on any atom is 0.252 e. The molecule has 2 aromatic heterocycles. The first-order valence-corrected chi connectivity index (χ1v) is 8.32. The van der Waals surface area contributed by atoms with Crippen LogP contribution in [0.2, 0.25) is 0 Å². The Hall–Kier alpha value is -1.92. The Morgan fingerprint density at radius 3 is 2.86 bits per heavy atom. The van der Waals surface area contributed by atoms with Crippen molar-refractivity contribution in [1.29, 1.82) is 0 Å². The van der Waals surface area contributed by atoms with E-state index in [1.54, 1.807) is 10.7 Å². The molecule has 3 aromatic rings. The Balaban J connectivity index is 1.43. The lowest BCUT2D eigenvalue weighted by atomic mass is 10.4. The molecule has 3 rings (SSSR count). The van der Waals surface area contributed by atoms with Crippen LogP contribution in [0.3, 0.4) is 0 Å². The SMILES string of the molecule is CN(CCCSc1ccccc1)Cc1nc2ncccn2n1. The van der Waals surface area contributed by atoms with Gasteiger partial charge in [-0.2, -0.15) is 4.98 Å². The van der Waals surface area contributed by atoms with Gasteiger partial charge in [-0.15, -0.1) is 16.9 Å². The zero-order valence-electron chi connectivity index (χ0n) is 12.6. The molecule has 2 heterocycles. The van der Waals surface area contributed by atoms with Crippen molar-refractivity contribution in [1.82, 2.24) is 24.5 Å². The van der Waals surface area contributed by atoms with Gasteiger partial charge in [-0.25, -0.2) is 9.50 Å². The highest BCUT2D eigenvalue weighted by molar-refractivity contribution is 7.99. The van der Waals surface area contributed by atoms with E-state index in [1.165, 1.54) is 4.90 Å². The lowest BCUT2D eigenvalue weighted by Crippen LogP contribution is -2.20. The third kappa shape index (κ3) is 4.05. The molecule has 0 N–H and O–H groups in total. The Morgan fingerprint density at radius 2 is 2.05 bits per heavy atom. The van der Waals surface area contributed by atoms with Gasteiger partial charge < -0.3 is 0 Å². The third-order valence-electron chi connectivity index (χ3n) is 3.27. The molecular weight excluding hydrogens is 294 g/mol. The molecule has 0 unspecified atom stereocenters. The van der Waals surface area contributed by atoms with Crippen LogP contribution in [0, 0.1) is 0 Å². The molecule has 0 bridgehead atoms. The largest absolute Gasteiger partial charge is 0.299 e. The first-order valence-electron chi connectivity index (χ1n) is 7.34. The van der Waals surface area contributed by atoms with E-state index in [9.17, 15) is 0 Å². The lowest BCUT2D eigenvalue weighted by molar-refractivity contribution is 0.320. The van der Waals surface area contributed by atoms with Crippen molar-refractivity contribution in [2.75, 3.05) is 19.3 Å². The van der Waals surface area contributed by atoms with Crippen molar-refractivity contribution in [3.8, 4) is 0 Å². The van der Waals surface area contributed by atoms with Crippen LogP contribution in [0.5, 0.6) is 0 Å². The number of fused-ring (bicyclic) bond motifs is 1. The Labute approximate surface area is 134 Å². The highest BCUT2D eigenvalue weighted by Gasteiger charge is 2.07. The molecule has 0 atom stereocenters. The maximum atomic E-state index is 4.42. The average Bonchev–Trinajstić information content (AvgIpc) is 2.94. The summed E-state index contributed by atoms with van der Waals surface area (Å²) in [5.41, 5.74) is 0. The smallest absolute Gasteiger partial charge is 0.252 e. The van der Waals surface area contributed by atoms with Crippen LogP contribution in [0.4, 0.5) is 0 Å². The van der Waals surface area contributed by atoms with Gasteiger partial charge in [0.2, 0.25) is 0 Å². The summed E-state index contributed by atoms with van der Waals surface area (Å²) >= 11 is 1.90. The van der Waals surface area contributed by atoms with Gasteiger partial charge in [0.25, 0.3) is 5.78 Å². The molecule has 0 amide bonds. The maximum absolute atomic E-state index is 4.42. The first-order chi connectivity index (χ1) is 10.8. The molecule has 0 fully saturated rings. The molecule has 114 valence electrons. The first kappa shape index (κ1) is 15.0. The number of nitrogens with zero attached hydrogens (tertiary/aromatic N) is 5. The van der Waals surface area contributed by atoms with Crippen molar-refractivity contribution in [3.05, 3.63) is 54.6 Å². The summed E-state index contributed by atoms with van der Waals surface area (Å²) in [5.74, 6) is 2.59. The molecule has 0 aliphatic heterocycles. The van der Waals surface area contributed by atoms with Gasteiger partial charge in [0.1, 0.15) is 0 Å². The van der Waals surface area contributed by atoms with Crippen LogP contribution < -0.4 is 0 Å². The summed E-state index contributed by atoms with van der Waals surface area (Å²) < 4.78 is 1.72. The van der Waals surface area contributed by atoms with Crippen LogP contribution in [-0.2, 0) is 6.54 Å². The van der Waals surface area contributed by atoms with Gasteiger partial charge >= 0.3 is 0 Å². The van der Waals surface area contributed by atoms with E-state index in [2.05, 4.69) is 57.3 Å². The summed E-state index contributed by atoms with van der Waals surface area (Å²) in [4.78, 5) is 12.2. The third-order valence-corrected chi connectivity index (χ3v) is 4.37. The molecular formula is C16H19N5S. The molecule has 0 saturated heterocycles. The molecule has 0 radical (unpaired) electrons. The summed E-state index contributed by atoms with van der Waals surface area (Å²) in [7, 11) is 2.10. The van der Waals surface area contributed by atoms with Gasteiger partial charge in [-0.05, 0) is 44.0 Å². The van der Waals surface area contributed by atoms with Crippen molar-refractivity contribution in [3.63, 3.8) is 0 Å². The minimum absolute atomic E-state index is 0.658. The number of hydrogen-bond acceptors (Lipinski definition) is 5. The second kappa shape index (κ2) is 7.38. The van der Waals surface area contributed by atoms with E-state index in [1.807, 2.05) is 24.0 Å². The van der Waals surface area contributed by atoms with Gasteiger partial charge in [0.15, 0.2) is 5.82 Å². The molecule has 5 nitrogen and oxygen atoms in total. The predicted octanol–water partition coefficient (Wildman–Crippen LogP) is 2.74. The van der Waals surface area contributed by atoms with Crippen LogP contribution in [0.15, 0.2) is 53.7 Å². The number of aromatic nitrogens is 4. The fourth-order valence-electron chi connectivity index (χ4n) is 2.20.